The predicted molar refractivity (Wildman–Crippen MR) is 113 cm³/mol. The lowest BCUT2D eigenvalue weighted by Crippen LogP contribution is -2.40. The molecule has 1 N–H and O–H groups in total. The number of carbonyl (C=O) groups is 1. The minimum atomic E-state index is -0.833. The van der Waals surface area contributed by atoms with Crippen molar-refractivity contribution in [1.82, 2.24) is 4.90 Å². The molecular weight excluding hydrogens is 336 g/mol. The molecule has 1 aliphatic rings. The third kappa shape index (κ3) is 5.20. The number of nitrogens with zero attached hydrogens (tertiary/aromatic N) is 2. The van der Waals surface area contributed by atoms with E-state index in [1.807, 2.05) is 0 Å². The maximum absolute atomic E-state index is 9.00. The molecule has 1 unspecified atom stereocenters. The van der Waals surface area contributed by atoms with E-state index in [-0.39, 0.29) is 5.41 Å². The fraction of sp³-hybridized carbons (Fsp3) is 0.348. The number of fused-ring (bicyclic) bond motifs is 1. The molecule has 0 radical (unpaired) electrons. The molecule has 0 spiro atoms. The van der Waals surface area contributed by atoms with Crippen molar-refractivity contribution in [1.29, 1.82) is 0 Å². The second kappa shape index (κ2) is 9.38. The molecule has 0 aliphatic carbocycles. The van der Waals surface area contributed by atoms with Gasteiger partial charge in [0.15, 0.2) is 0 Å². The van der Waals surface area contributed by atoms with E-state index in [2.05, 4.69) is 97.4 Å². The summed E-state index contributed by atoms with van der Waals surface area (Å²) in [5.74, 6) is -0.833. The summed E-state index contributed by atoms with van der Waals surface area (Å²) in [5, 5.41) is 7.42. The lowest BCUT2D eigenvalue weighted by molar-refractivity contribution is -0.134. The van der Waals surface area contributed by atoms with Gasteiger partial charge < -0.3 is 14.9 Å². The quantitative estimate of drug-likeness (QED) is 0.805. The topological polar surface area (TPSA) is 43.8 Å². The molecule has 4 heteroatoms. The van der Waals surface area contributed by atoms with Crippen LogP contribution in [-0.2, 0) is 10.2 Å². The Balaban J connectivity index is 0.000000596. The van der Waals surface area contributed by atoms with Crippen molar-refractivity contribution in [3.8, 4) is 0 Å². The van der Waals surface area contributed by atoms with Crippen LogP contribution in [0.4, 0.5) is 11.4 Å². The van der Waals surface area contributed by atoms with Gasteiger partial charge in [0, 0.05) is 36.5 Å². The van der Waals surface area contributed by atoms with Gasteiger partial charge in [-0.15, -0.1) is 0 Å². The number of aliphatic carboxylic acids is 1. The number of carboxylic acids is 1. The van der Waals surface area contributed by atoms with Crippen LogP contribution in [0.2, 0.25) is 0 Å². The summed E-state index contributed by atoms with van der Waals surface area (Å²) in [4.78, 5) is 13.8. The van der Waals surface area contributed by atoms with Crippen molar-refractivity contribution < 1.29 is 9.90 Å². The molecule has 0 saturated carbocycles. The van der Waals surface area contributed by atoms with Crippen molar-refractivity contribution in [3.05, 3.63) is 72.4 Å². The molecule has 0 fully saturated rings. The number of anilines is 2. The van der Waals surface area contributed by atoms with Crippen LogP contribution in [0.5, 0.6) is 0 Å². The molecular formula is C23H30N2O2. The van der Waals surface area contributed by atoms with E-state index in [1.54, 1.807) is 0 Å². The van der Waals surface area contributed by atoms with E-state index < -0.39 is 5.97 Å². The maximum atomic E-state index is 9.00. The molecule has 0 amide bonds. The molecule has 1 aliphatic heterocycles. The minimum Gasteiger partial charge on any atom is -0.481 e. The van der Waals surface area contributed by atoms with Gasteiger partial charge in [-0.1, -0.05) is 63.2 Å². The first-order valence-corrected chi connectivity index (χ1v) is 9.46. The number of hydrogen-bond donors (Lipinski definition) is 1. The van der Waals surface area contributed by atoms with Crippen molar-refractivity contribution in [2.75, 3.05) is 24.5 Å². The monoisotopic (exact) mass is 366 g/mol. The van der Waals surface area contributed by atoms with Crippen molar-refractivity contribution in [2.24, 2.45) is 0 Å². The highest BCUT2D eigenvalue weighted by atomic mass is 16.4. The molecule has 4 nitrogen and oxygen atoms in total. The number of benzene rings is 2. The number of carboxylic acid groups (broad SMARTS) is 1. The number of para-hydroxylation sites is 2. The van der Waals surface area contributed by atoms with Gasteiger partial charge in [-0.25, -0.2) is 0 Å². The fourth-order valence-electron chi connectivity index (χ4n) is 3.44. The van der Waals surface area contributed by atoms with E-state index in [9.17, 15) is 0 Å². The third-order valence-corrected chi connectivity index (χ3v) is 4.85. The van der Waals surface area contributed by atoms with Gasteiger partial charge in [0.1, 0.15) is 0 Å². The third-order valence-electron chi connectivity index (χ3n) is 4.85. The van der Waals surface area contributed by atoms with Crippen LogP contribution in [0.3, 0.4) is 0 Å². The lowest BCUT2D eigenvalue weighted by atomic mass is 9.78. The first-order chi connectivity index (χ1) is 12.9. The molecule has 0 aromatic heterocycles. The standard InChI is InChI=1S/C21H26N2.C2H4O2/c1-4-22(5-2)17-21(3)15-16-23(18-11-7-6-8-12-18)20-14-10-9-13-19(20)21;1-2(3)4/h6-16H,4-5,17H2,1-3H3;1H3,(H,3,4). The van der Waals surface area contributed by atoms with E-state index in [1.165, 1.54) is 16.9 Å². The first kappa shape index (κ1) is 20.7. The van der Waals surface area contributed by atoms with Gasteiger partial charge in [-0.05, 0) is 36.9 Å². The smallest absolute Gasteiger partial charge is 0.300 e. The van der Waals surface area contributed by atoms with Crippen LogP contribution in [0.25, 0.3) is 0 Å². The van der Waals surface area contributed by atoms with Crippen LogP contribution >= 0.6 is 0 Å². The molecule has 2 aromatic carbocycles. The van der Waals surface area contributed by atoms with Gasteiger partial charge in [0.05, 0.1) is 0 Å². The lowest BCUT2D eigenvalue weighted by Gasteiger charge is -2.40. The summed E-state index contributed by atoms with van der Waals surface area (Å²) < 4.78 is 0. The Morgan fingerprint density at radius 3 is 2.19 bits per heavy atom. The minimum absolute atomic E-state index is 0.0495. The Bertz CT molecular complexity index is 765. The largest absolute Gasteiger partial charge is 0.481 e. The molecule has 0 saturated heterocycles. The Labute approximate surface area is 162 Å². The molecule has 1 heterocycles. The number of likely N-dealkylation sites (N-methyl/N-ethyl adjacent to an activating group) is 1. The summed E-state index contributed by atoms with van der Waals surface area (Å²) in [6.45, 7) is 11.1. The SMILES string of the molecule is CC(=O)O.CCN(CC)CC1(C)C=CN(c2ccccc2)c2ccccc21. The van der Waals surface area contributed by atoms with E-state index >= 15 is 0 Å². The molecule has 0 bridgehead atoms. The normalized spacial score (nSPS) is 17.9. The van der Waals surface area contributed by atoms with Gasteiger partial charge in [0.2, 0.25) is 0 Å². The number of hydrogen-bond acceptors (Lipinski definition) is 3. The number of rotatable bonds is 5. The average Bonchev–Trinajstić information content (AvgIpc) is 2.67. The zero-order valence-corrected chi connectivity index (χ0v) is 16.7. The fourth-order valence-corrected chi connectivity index (χ4v) is 3.44. The second-order valence-electron chi connectivity index (χ2n) is 6.94. The van der Waals surface area contributed by atoms with Crippen LogP contribution in [0.1, 0.15) is 33.3 Å². The van der Waals surface area contributed by atoms with E-state index in [4.69, 9.17) is 9.90 Å². The van der Waals surface area contributed by atoms with Gasteiger partial charge >= 0.3 is 0 Å². The maximum Gasteiger partial charge on any atom is 0.300 e. The van der Waals surface area contributed by atoms with Crippen LogP contribution in [0, 0.1) is 0 Å². The highest BCUT2D eigenvalue weighted by Gasteiger charge is 2.32. The molecule has 2 aromatic rings. The zero-order chi connectivity index (χ0) is 19.9. The Morgan fingerprint density at radius 1 is 1.04 bits per heavy atom. The first-order valence-electron chi connectivity index (χ1n) is 9.46. The van der Waals surface area contributed by atoms with Gasteiger partial charge in [-0.3, -0.25) is 4.79 Å². The van der Waals surface area contributed by atoms with Crippen molar-refractivity contribution >= 4 is 17.3 Å². The molecule has 27 heavy (non-hydrogen) atoms. The van der Waals surface area contributed by atoms with E-state index in [0.717, 1.165) is 26.6 Å². The summed E-state index contributed by atoms with van der Waals surface area (Å²) in [5.41, 5.74) is 3.95. The predicted octanol–water partition coefficient (Wildman–Crippen LogP) is 5.04. The average molecular weight is 367 g/mol. The summed E-state index contributed by atoms with van der Waals surface area (Å²) in [6, 6.07) is 19.4. The summed E-state index contributed by atoms with van der Waals surface area (Å²) in [7, 11) is 0. The zero-order valence-electron chi connectivity index (χ0n) is 16.7. The van der Waals surface area contributed by atoms with Crippen LogP contribution in [0.15, 0.2) is 66.9 Å². The highest BCUT2D eigenvalue weighted by molar-refractivity contribution is 5.73. The van der Waals surface area contributed by atoms with Crippen LogP contribution in [-0.4, -0.2) is 35.6 Å². The molecule has 3 rings (SSSR count). The Hall–Kier alpha value is -2.59. The Kier molecular flexibility index (Phi) is 7.19. The van der Waals surface area contributed by atoms with Gasteiger partial charge in [0.25, 0.3) is 5.97 Å². The van der Waals surface area contributed by atoms with Gasteiger partial charge in [-0.2, -0.15) is 0 Å². The summed E-state index contributed by atoms with van der Waals surface area (Å²) in [6.07, 6.45) is 4.60. The molecule has 144 valence electrons. The van der Waals surface area contributed by atoms with Crippen molar-refractivity contribution in [2.45, 2.75) is 33.1 Å². The van der Waals surface area contributed by atoms with Crippen LogP contribution < -0.4 is 4.90 Å². The Morgan fingerprint density at radius 2 is 1.59 bits per heavy atom. The van der Waals surface area contributed by atoms with E-state index in [0.29, 0.717) is 0 Å². The highest BCUT2D eigenvalue weighted by Crippen LogP contribution is 2.41. The second-order valence-corrected chi connectivity index (χ2v) is 6.94. The molecule has 1 atom stereocenters. The summed E-state index contributed by atoms with van der Waals surface area (Å²) >= 11 is 0. The van der Waals surface area contributed by atoms with Crippen molar-refractivity contribution in [3.63, 3.8) is 0 Å².